The van der Waals surface area contributed by atoms with Crippen LogP contribution in [0.3, 0.4) is 0 Å². The van der Waals surface area contributed by atoms with Gasteiger partial charge < -0.3 is 9.47 Å². The first-order valence-electron chi connectivity index (χ1n) is 14.8. The molecule has 8 bridgehead atoms. The summed E-state index contributed by atoms with van der Waals surface area (Å²) in [6.45, 7) is 9.06. The molecule has 214 valence electrons. The van der Waals surface area contributed by atoms with E-state index in [1.54, 1.807) is 6.92 Å². The van der Waals surface area contributed by atoms with E-state index >= 15 is 0 Å². The van der Waals surface area contributed by atoms with Gasteiger partial charge in [0.2, 0.25) is 0 Å². The summed E-state index contributed by atoms with van der Waals surface area (Å²) >= 11 is 0. The molecule has 8 fully saturated rings. The predicted octanol–water partition coefficient (Wildman–Crippen LogP) is 5.78. The molecule has 0 heterocycles. The molecule has 8 saturated carbocycles. The largest absolute Gasteiger partial charge is 0.455 e. The van der Waals surface area contributed by atoms with Gasteiger partial charge in [-0.3, -0.25) is 4.55 Å². The van der Waals surface area contributed by atoms with E-state index in [0.29, 0.717) is 23.7 Å². The molecule has 0 saturated heterocycles. The van der Waals surface area contributed by atoms with Gasteiger partial charge in [-0.2, -0.15) is 8.42 Å². The van der Waals surface area contributed by atoms with Gasteiger partial charge in [0.15, 0.2) is 0 Å². The smallest absolute Gasteiger partial charge is 0.338 e. The lowest BCUT2D eigenvalue weighted by Crippen LogP contribution is -2.58. The summed E-state index contributed by atoms with van der Waals surface area (Å²) in [6, 6.07) is 0. The Bertz CT molecular complexity index is 1200. The van der Waals surface area contributed by atoms with E-state index < -0.39 is 38.2 Å². The van der Waals surface area contributed by atoms with Crippen molar-refractivity contribution in [1.82, 2.24) is 0 Å². The van der Waals surface area contributed by atoms with E-state index in [-0.39, 0.29) is 23.0 Å². The molecule has 8 rings (SSSR count). The fraction of sp³-hybridized carbons (Fsp3) is 0.742. The van der Waals surface area contributed by atoms with Crippen molar-refractivity contribution in [3.63, 3.8) is 0 Å². The molecule has 0 amide bonds. The normalized spacial score (nSPS) is 44.4. The maximum Gasteiger partial charge on any atom is 0.338 e. The second-order valence-corrected chi connectivity index (χ2v) is 15.6. The number of carbonyl (C=O) groups excluding carboxylic acids is 2. The first-order valence-corrected chi connectivity index (χ1v) is 16.2. The molecule has 0 aromatic carbocycles. The van der Waals surface area contributed by atoms with Crippen LogP contribution in [0.1, 0.15) is 85.0 Å². The summed E-state index contributed by atoms with van der Waals surface area (Å²) in [4.78, 5) is 26.4. The number of hydrogen-bond donors (Lipinski definition) is 1. The van der Waals surface area contributed by atoms with E-state index in [2.05, 4.69) is 13.5 Å². The van der Waals surface area contributed by atoms with Gasteiger partial charge in [0.25, 0.3) is 10.1 Å². The maximum absolute atomic E-state index is 13.6. The van der Waals surface area contributed by atoms with Crippen molar-refractivity contribution in [2.45, 2.75) is 96.2 Å². The Labute approximate surface area is 232 Å². The quantitative estimate of drug-likeness (QED) is 0.183. The first-order chi connectivity index (χ1) is 18.2. The molecule has 8 aliphatic rings. The van der Waals surface area contributed by atoms with Crippen LogP contribution in [0.5, 0.6) is 0 Å². The lowest BCUT2D eigenvalue weighted by molar-refractivity contribution is -0.199. The highest BCUT2D eigenvalue weighted by atomic mass is 32.2. The summed E-state index contributed by atoms with van der Waals surface area (Å²) in [5.74, 6) is 2.88. The summed E-state index contributed by atoms with van der Waals surface area (Å²) in [6.07, 6.45) is 13.4. The maximum atomic E-state index is 13.6. The fourth-order valence-corrected chi connectivity index (χ4v) is 10.1. The zero-order valence-corrected chi connectivity index (χ0v) is 24.2. The number of carbonyl (C=O) groups is 2. The van der Waals surface area contributed by atoms with Crippen LogP contribution < -0.4 is 0 Å². The molecular formula is C31H42O7S. The van der Waals surface area contributed by atoms with Crippen molar-refractivity contribution < 1.29 is 32.0 Å². The minimum atomic E-state index is -4.62. The molecular weight excluding hydrogens is 516 g/mol. The Hall–Kier alpha value is -1.93. The van der Waals surface area contributed by atoms with E-state index in [9.17, 15) is 22.6 Å². The Morgan fingerprint density at radius 2 is 1.08 bits per heavy atom. The second kappa shape index (κ2) is 9.30. The Morgan fingerprint density at radius 3 is 1.44 bits per heavy atom. The van der Waals surface area contributed by atoms with E-state index in [4.69, 9.17) is 9.47 Å². The van der Waals surface area contributed by atoms with Gasteiger partial charge in [-0.1, -0.05) is 6.58 Å². The number of esters is 2. The number of ether oxygens (including phenoxy) is 2. The lowest BCUT2D eigenvalue weighted by Gasteiger charge is -2.59. The third-order valence-corrected chi connectivity index (χ3v) is 12.5. The highest BCUT2D eigenvalue weighted by Crippen LogP contribution is 2.60. The zero-order valence-electron chi connectivity index (χ0n) is 23.4. The lowest BCUT2D eigenvalue weighted by atomic mass is 9.50. The van der Waals surface area contributed by atoms with E-state index in [1.165, 1.54) is 18.9 Å². The third kappa shape index (κ3) is 4.73. The summed E-state index contributed by atoms with van der Waals surface area (Å²) < 4.78 is 45.4. The SMILES string of the molecule is C=C(/C=C(\C=C(/C)C(=O)OC1(C)C2CC3CC(C2)CC1C3)C(=O)OC1(C)C2CC3CC(C2)CC1C3)S(=O)(=O)O. The van der Waals surface area contributed by atoms with Crippen LogP contribution in [0.4, 0.5) is 0 Å². The van der Waals surface area contributed by atoms with Crippen LogP contribution in [-0.4, -0.2) is 36.1 Å². The highest BCUT2D eigenvalue weighted by molar-refractivity contribution is 7.90. The monoisotopic (exact) mass is 558 g/mol. The van der Waals surface area contributed by atoms with Crippen molar-refractivity contribution in [2.75, 3.05) is 0 Å². The second-order valence-electron chi connectivity index (χ2n) is 14.1. The predicted molar refractivity (Wildman–Crippen MR) is 146 cm³/mol. The number of rotatable bonds is 7. The average Bonchev–Trinajstić information content (AvgIpc) is 2.84. The van der Waals surface area contributed by atoms with Gasteiger partial charge in [-0.15, -0.1) is 0 Å². The molecule has 39 heavy (non-hydrogen) atoms. The fourth-order valence-electron chi connectivity index (χ4n) is 9.81. The first kappa shape index (κ1) is 27.3. The topological polar surface area (TPSA) is 107 Å². The molecule has 0 aromatic rings. The average molecular weight is 559 g/mol. The van der Waals surface area contributed by atoms with E-state index in [1.807, 2.05) is 6.92 Å². The standard InChI is InChI=1S/C31H42O7S/c1-17(28(32)37-30(3)24-9-19-7-20(11-24)12-25(30)10-19)5-23(6-18(2)39(34,35)36)29(33)38-31(4)26-13-21-8-22(15-26)16-27(31)14-21/h5-6,19-22,24-27H,2,7-16H2,1,3-4H3,(H,34,35,36)/b17-5+,23-6+. The number of allylic oxidation sites excluding steroid dienone is 1. The molecule has 0 radical (unpaired) electrons. The molecule has 8 aliphatic carbocycles. The summed E-state index contributed by atoms with van der Waals surface area (Å²) in [7, 11) is -4.62. The van der Waals surface area contributed by atoms with Crippen LogP contribution in [0.15, 0.2) is 34.8 Å². The summed E-state index contributed by atoms with van der Waals surface area (Å²) in [5, 5.41) is 0. The number of hydrogen-bond acceptors (Lipinski definition) is 6. The Balaban J connectivity index is 1.23. The highest BCUT2D eigenvalue weighted by Gasteiger charge is 2.58. The Morgan fingerprint density at radius 1 is 0.718 bits per heavy atom. The van der Waals surface area contributed by atoms with Gasteiger partial charge >= 0.3 is 11.9 Å². The molecule has 7 nitrogen and oxygen atoms in total. The molecule has 0 aromatic heterocycles. The van der Waals surface area contributed by atoms with Gasteiger partial charge in [-0.25, -0.2) is 9.59 Å². The molecule has 0 aliphatic heterocycles. The summed E-state index contributed by atoms with van der Waals surface area (Å²) in [5.41, 5.74) is -1.11. The molecule has 0 unspecified atom stereocenters. The van der Waals surface area contributed by atoms with Gasteiger partial charge in [0.1, 0.15) is 11.2 Å². The van der Waals surface area contributed by atoms with Gasteiger partial charge in [0, 0.05) is 5.57 Å². The van der Waals surface area contributed by atoms with Crippen molar-refractivity contribution in [3.8, 4) is 0 Å². The van der Waals surface area contributed by atoms with Crippen molar-refractivity contribution >= 4 is 22.1 Å². The molecule has 1 N–H and O–H groups in total. The Kier molecular flexibility index (Phi) is 6.50. The third-order valence-electron chi connectivity index (χ3n) is 11.7. The van der Waals surface area contributed by atoms with Gasteiger partial charge in [0.05, 0.1) is 10.5 Å². The van der Waals surface area contributed by atoms with Crippen LogP contribution in [0, 0.1) is 47.3 Å². The van der Waals surface area contributed by atoms with Crippen molar-refractivity contribution in [2.24, 2.45) is 47.3 Å². The molecule has 0 atom stereocenters. The van der Waals surface area contributed by atoms with Gasteiger partial charge in [-0.05, 0) is 144 Å². The van der Waals surface area contributed by atoms with Crippen LogP contribution in [-0.2, 0) is 29.2 Å². The molecule has 0 spiro atoms. The minimum Gasteiger partial charge on any atom is -0.455 e. The zero-order chi connectivity index (χ0) is 27.9. The van der Waals surface area contributed by atoms with Crippen molar-refractivity contribution in [3.05, 3.63) is 34.8 Å². The van der Waals surface area contributed by atoms with Crippen LogP contribution >= 0.6 is 0 Å². The van der Waals surface area contributed by atoms with E-state index in [0.717, 1.165) is 69.3 Å². The minimum absolute atomic E-state index is 0.127. The van der Waals surface area contributed by atoms with Crippen molar-refractivity contribution in [1.29, 1.82) is 0 Å². The van der Waals surface area contributed by atoms with Crippen LogP contribution in [0.25, 0.3) is 0 Å². The molecule has 8 heteroatoms. The van der Waals surface area contributed by atoms with Crippen LogP contribution in [0.2, 0.25) is 0 Å².